The molecule has 0 radical (unpaired) electrons. The average molecular weight is 273 g/mol. The Bertz CT molecular complexity index is 377. The Morgan fingerprint density at radius 1 is 1.21 bits per heavy atom. The number of hydrogen-bond acceptors (Lipinski definition) is 2. The number of rotatable bonds is 0. The van der Waals surface area contributed by atoms with Gasteiger partial charge < -0.3 is 15.1 Å². The third-order valence-corrected chi connectivity index (χ3v) is 4.56. The van der Waals surface area contributed by atoms with Crippen LogP contribution in [0.25, 0.3) is 0 Å². The molecule has 0 saturated carbocycles. The molecular weight excluding hydrogens is 248 g/mol. The molecule has 0 spiro atoms. The van der Waals surface area contributed by atoms with E-state index in [1.807, 2.05) is 34.6 Å². The highest BCUT2D eigenvalue weighted by atomic mass is 16.4. The van der Waals surface area contributed by atoms with E-state index in [4.69, 9.17) is 5.11 Å². The fraction of sp³-hybridized carbons (Fsp3) is 0.846. The zero-order valence-electron chi connectivity index (χ0n) is 12.4. The molecule has 1 aliphatic heterocycles. The van der Waals surface area contributed by atoms with Crippen molar-refractivity contribution in [1.29, 1.82) is 0 Å². The average Bonchev–Trinajstić information content (AvgIpc) is 2.37. The second-order valence-corrected chi connectivity index (χ2v) is 6.49. The minimum Gasteiger partial charge on any atom is -0.465 e. The van der Waals surface area contributed by atoms with Crippen LogP contribution in [0.1, 0.15) is 34.6 Å². The van der Waals surface area contributed by atoms with Crippen molar-refractivity contribution in [1.82, 2.24) is 4.90 Å². The van der Waals surface area contributed by atoms with Crippen LogP contribution in [0, 0.1) is 5.92 Å². The Balaban J connectivity index is 3.25. The lowest BCUT2D eigenvalue weighted by Crippen LogP contribution is -2.69. The van der Waals surface area contributed by atoms with E-state index in [9.17, 15) is 14.7 Å². The largest absolute Gasteiger partial charge is 0.514 e. The van der Waals surface area contributed by atoms with Crippen molar-refractivity contribution in [3.05, 3.63) is 0 Å². The van der Waals surface area contributed by atoms with Crippen LogP contribution >= 0.6 is 0 Å². The molecule has 1 aliphatic rings. The fourth-order valence-corrected chi connectivity index (χ4v) is 3.18. The van der Waals surface area contributed by atoms with E-state index in [0.29, 0.717) is 13.1 Å². The van der Waals surface area contributed by atoms with E-state index in [1.165, 1.54) is 4.90 Å². The minimum atomic E-state index is -0.974. The van der Waals surface area contributed by atoms with Gasteiger partial charge in [-0.25, -0.2) is 9.28 Å². The molecule has 1 heterocycles. The van der Waals surface area contributed by atoms with Crippen molar-refractivity contribution in [3.8, 4) is 0 Å². The monoisotopic (exact) mass is 273 g/mol. The summed E-state index contributed by atoms with van der Waals surface area (Å²) < 4.78 is -0.0993. The summed E-state index contributed by atoms with van der Waals surface area (Å²) in [7, 11) is 0. The van der Waals surface area contributed by atoms with E-state index < -0.39 is 17.7 Å². The van der Waals surface area contributed by atoms with E-state index in [2.05, 4.69) is 0 Å². The van der Waals surface area contributed by atoms with Gasteiger partial charge in [0, 0.05) is 12.5 Å². The van der Waals surface area contributed by atoms with Gasteiger partial charge >= 0.3 is 12.2 Å². The molecule has 0 aromatic carbocycles. The molecule has 2 amide bonds. The first-order valence-corrected chi connectivity index (χ1v) is 6.63. The fourth-order valence-electron chi connectivity index (χ4n) is 3.18. The molecule has 3 unspecified atom stereocenters. The third kappa shape index (κ3) is 2.54. The third-order valence-electron chi connectivity index (χ3n) is 4.56. The summed E-state index contributed by atoms with van der Waals surface area (Å²) in [6, 6.07) is -0.137. The van der Waals surface area contributed by atoms with Gasteiger partial charge in [-0.3, -0.25) is 0 Å². The summed E-state index contributed by atoms with van der Waals surface area (Å²) in [6.45, 7) is 10.5. The molecule has 1 saturated heterocycles. The standard InChI is InChI=1S/C13H24N2O4/c1-9-8-14(11(16)17)6-7-15(10(9)2,12(18)19)13(3,4)5/h9-10H,6-8H2,1-5H3,(H-,16,17,18,19)/p+1. The van der Waals surface area contributed by atoms with Crippen LogP contribution in [0.2, 0.25) is 0 Å². The predicted molar refractivity (Wildman–Crippen MR) is 71.1 cm³/mol. The molecule has 0 aromatic rings. The number of nitrogens with zero attached hydrogens (tertiary/aromatic N) is 2. The highest BCUT2D eigenvalue weighted by Gasteiger charge is 2.55. The summed E-state index contributed by atoms with van der Waals surface area (Å²) in [6.07, 6.45) is -1.85. The Morgan fingerprint density at radius 2 is 1.74 bits per heavy atom. The quantitative estimate of drug-likeness (QED) is 0.664. The molecule has 3 atom stereocenters. The van der Waals surface area contributed by atoms with Gasteiger partial charge in [-0.15, -0.1) is 0 Å². The first kappa shape index (κ1) is 15.8. The van der Waals surface area contributed by atoms with Crippen molar-refractivity contribution < 1.29 is 24.3 Å². The van der Waals surface area contributed by atoms with Gasteiger partial charge in [0.15, 0.2) is 0 Å². The van der Waals surface area contributed by atoms with Crippen molar-refractivity contribution in [2.24, 2.45) is 5.92 Å². The summed E-state index contributed by atoms with van der Waals surface area (Å²) in [5, 5.41) is 18.9. The molecule has 6 nitrogen and oxygen atoms in total. The van der Waals surface area contributed by atoms with Crippen molar-refractivity contribution in [3.63, 3.8) is 0 Å². The maximum absolute atomic E-state index is 11.9. The van der Waals surface area contributed by atoms with Gasteiger partial charge in [-0.05, 0) is 27.7 Å². The molecule has 1 fully saturated rings. The van der Waals surface area contributed by atoms with Gasteiger partial charge in [-0.2, -0.15) is 4.79 Å². The molecule has 6 heteroatoms. The first-order valence-electron chi connectivity index (χ1n) is 6.63. The predicted octanol–water partition coefficient (Wildman–Crippen LogP) is 2.30. The SMILES string of the molecule is CC1CN(C(=O)O)CC[N+](C(=O)O)(C(C)(C)C)C1C. The second-order valence-electron chi connectivity index (χ2n) is 6.49. The zero-order chi connectivity index (χ0) is 15.0. The lowest BCUT2D eigenvalue weighted by molar-refractivity contribution is -0.925. The summed E-state index contributed by atoms with van der Waals surface area (Å²) in [5.74, 6) is -0.00563. The number of amides is 2. The highest BCUT2D eigenvalue weighted by molar-refractivity contribution is 5.65. The van der Waals surface area contributed by atoms with E-state index in [-0.39, 0.29) is 23.0 Å². The van der Waals surface area contributed by atoms with Crippen LogP contribution in [0.5, 0.6) is 0 Å². The lowest BCUT2D eigenvalue weighted by atomic mass is 9.92. The van der Waals surface area contributed by atoms with Gasteiger partial charge in [0.2, 0.25) is 0 Å². The van der Waals surface area contributed by atoms with Crippen LogP contribution in [0.4, 0.5) is 9.59 Å². The number of carbonyl (C=O) groups is 2. The van der Waals surface area contributed by atoms with Gasteiger partial charge in [0.05, 0.1) is 6.54 Å². The maximum Gasteiger partial charge on any atom is 0.514 e. The molecule has 0 aliphatic carbocycles. The number of carboxylic acid groups (broad SMARTS) is 2. The van der Waals surface area contributed by atoms with Crippen molar-refractivity contribution in [2.75, 3.05) is 19.6 Å². The van der Waals surface area contributed by atoms with Crippen LogP contribution in [-0.4, -0.2) is 63.0 Å². The Kier molecular flexibility index (Phi) is 4.14. The molecule has 0 aromatic heterocycles. The van der Waals surface area contributed by atoms with E-state index >= 15 is 0 Å². The smallest absolute Gasteiger partial charge is 0.465 e. The van der Waals surface area contributed by atoms with Crippen molar-refractivity contribution >= 4 is 12.2 Å². The Hall–Kier alpha value is -1.30. The number of quaternary nitrogens is 1. The topological polar surface area (TPSA) is 77.8 Å². The van der Waals surface area contributed by atoms with Crippen LogP contribution in [0.15, 0.2) is 0 Å². The zero-order valence-corrected chi connectivity index (χ0v) is 12.4. The molecule has 1 rings (SSSR count). The summed E-state index contributed by atoms with van der Waals surface area (Å²) in [5.41, 5.74) is -0.478. The Labute approximate surface area is 114 Å². The van der Waals surface area contributed by atoms with Crippen molar-refractivity contribution in [2.45, 2.75) is 46.2 Å². The van der Waals surface area contributed by atoms with E-state index in [1.54, 1.807) is 0 Å². The van der Waals surface area contributed by atoms with Gasteiger partial charge in [0.25, 0.3) is 0 Å². The van der Waals surface area contributed by atoms with Crippen LogP contribution < -0.4 is 0 Å². The normalized spacial score (nSPS) is 32.8. The number of hydrogen-bond donors (Lipinski definition) is 2. The minimum absolute atomic E-state index is 0.00563. The van der Waals surface area contributed by atoms with Crippen LogP contribution in [-0.2, 0) is 0 Å². The second kappa shape index (κ2) is 5.00. The molecule has 0 bridgehead atoms. The maximum atomic E-state index is 11.9. The van der Waals surface area contributed by atoms with Gasteiger partial charge in [-0.1, -0.05) is 6.92 Å². The Morgan fingerprint density at radius 3 is 2.11 bits per heavy atom. The summed E-state index contributed by atoms with van der Waals surface area (Å²) in [4.78, 5) is 24.4. The highest BCUT2D eigenvalue weighted by Crippen LogP contribution is 2.34. The van der Waals surface area contributed by atoms with Crippen LogP contribution in [0.3, 0.4) is 0 Å². The molecule has 2 N–H and O–H groups in total. The molecule has 110 valence electrons. The first-order chi connectivity index (χ1) is 8.54. The molecular formula is C13H25N2O4+. The van der Waals surface area contributed by atoms with Gasteiger partial charge in [0.1, 0.15) is 18.1 Å². The molecule has 19 heavy (non-hydrogen) atoms. The lowest BCUT2D eigenvalue weighted by Gasteiger charge is -2.48. The summed E-state index contributed by atoms with van der Waals surface area (Å²) >= 11 is 0. The van der Waals surface area contributed by atoms with E-state index in [0.717, 1.165) is 0 Å².